The van der Waals surface area contributed by atoms with E-state index in [1.807, 2.05) is 6.07 Å². The van der Waals surface area contributed by atoms with Gasteiger partial charge in [-0.15, -0.1) is 0 Å². The van der Waals surface area contributed by atoms with Crippen molar-refractivity contribution in [1.82, 2.24) is 4.57 Å². The van der Waals surface area contributed by atoms with E-state index in [0.29, 0.717) is 16.7 Å². The summed E-state index contributed by atoms with van der Waals surface area (Å²) >= 11 is 0. The second-order valence-corrected chi connectivity index (χ2v) is 13.9. The molecule has 0 radical (unpaired) electrons. The molecule has 0 fully saturated rings. The van der Waals surface area contributed by atoms with Gasteiger partial charge in [-0.2, -0.15) is 10.5 Å². The van der Waals surface area contributed by atoms with Crippen molar-refractivity contribution in [1.29, 1.82) is 10.5 Å². The lowest BCUT2D eigenvalue weighted by Crippen LogP contribution is -2.37. The first kappa shape index (κ1) is 32.0. The van der Waals surface area contributed by atoms with Crippen LogP contribution in [0.3, 0.4) is 0 Å². The van der Waals surface area contributed by atoms with E-state index in [9.17, 15) is 10.5 Å². The van der Waals surface area contributed by atoms with Crippen LogP contribution in [0.15, 0.2) is 194 Å². The molecule has 256 valence electrons. The topological polar surface area (TPSA) is 55.8 Å². The summed E-state index contributed by atoms with van der Waals surface area (Å²) in [5, 5.41) is 22.7. The highest BCUT2D eigenvalue weighted by Crippen LogP contribution is 2.58. The number of benzene rings is 8. The summed E-state index contributed by atoms with van der Waals surface area (Å²) in [5.41, 5.74) is 12.9. The zero-order valence-electron chi connectivity index (χ0n) is 29.8. The fourth-order valence-corrected chi connectivity index (χ4v) is 8.85. The molecule has 4 nitrogen and oxygen atoms in total. The number of rotatable bonds is 5. The maximum absolute atomic E-state index is 10.4. The highest BCUT2D eigenvalue weighted by Gasteiger charge is 2.46. The molecule has 0 spiro atoms. The van der Waals surface area contributed by atoms with Crippen molar-refractivity contribution in [2.45, 2.75) is 5.41 Å². The van der Waals surface area contributed by atoms with Gasteiger partial charge in [-0.1, -0.05) is 133 Å². The molecule has 9 aromatic rings. The van der Waals surface area contributed by atoms with Crippen molar-refractivity contribution in [3.8, 4) is 29.0 Å². The van der Waals surface area contributed by atoms with Crippen molar-refractivity contribution in [2.75, 3.05) is 4.90 Å². The van der Waals surface area contributed by atoms with Gasteiger partial charge in [-0.25, -0.2) is 0 Å². The third-order valence-corrected chi connectivity index (χ3v) is 11.1. The van der Waals surface area contributed by atoms with Crippen molar-refractivity contribution in [2.24, 2.45) is 0 Å². The lowest BCUT2D eigenvalue weighted by Gasteiger charge is -2.46. The van der Waals surface area contributed by atoms with Gasteiger partial charge in [0.2, 0.25) is 0 Å². The number of para-hydroxylation sites is 4. The molecule has 1 aliphatic rings. The summed E-state index contributed by atoms with van der Waals surface area (Å²) in [5.74, 6) is 0. The van der Waals surface area contributed by atoms with Crippen LogP contribution in [0, 0.1) is 22.7 Å². The number of nitriles is 2. The molecule has 0 saturated heterocycles. The van der Waals surface area contributed by atoms with E-state index < -0.39 is 5.41 Å². The van der Waals surface area contributed by atoms with E-state index in [1.165, 1.54) is 33.0 Å². The van der Waals surface area contributed by atoms with Gasteiger partial charge in [-0.3, -0.25) is 0 Å². The van der Waals surface area contributed by atoms with Gasteiger partial charge >= 0.3 is 0 Å². The number of fused-ring (bicyclic) bond motifs is 5. The normalized spacial score (nSPS) is 12.8. The first-order valence-electron chi connectivity index (χ1n) is 18.4. The molecule has 0 aliphatic carbocycles. The minimum absolute atomic E-state index is 0.502. The molecule has 0 N–H and O–H groups in total. The predicted octanol–water partition coefficient (Wildman–Crippen LogP) is 12.4. The van der Waals surface area contributed by atoms with E-state index in [4.69, 9.17) is 0 Å². The van der Waals surface area contributed by atoms with Crippen LogP contribution in [0.4, 0.5) is 17.1 Å². The van der Waals surface area contributed by atoms with Crippen molar-refractivity contribution in [3.05, 3.63) is 228 Å². The van der Waals surface area contributed by atoms with Crippen molar-refractivity contribution in [3.63, 3.8) is 0 Å². The third-order valence-electron chi connectivity index (χ3n) is 11.1. The Bertz CT molecular complexity index is 2880. The Kier molecular flexibility index (Phi) is 7.44. The van der Waals surface area contributed by atoms with Gasteiger partial charge in [0.25, 0.3) is 0 Å². The molecule has 0 unspecified atom stereocenters. The first-order valence-corrected chi connectivity index (χ1v) is 18.4. The second-order valence-electron chi connectivity index (χ2n) is 13.9. The molecule has 0 amide bonds. The maximum Gasteiger partial charge on any atom is 0.0998 e. The van der Waals surface area contributed by atoms with Crippen LogP contribution < -0.4 is 4.90 Å². The largest absolute Gasteiger partial charge is 0.310 e. The average molecular weight is 701 g/mol. The summed E-state index contributed by atoms with van der Waals surface area (Å²) in [6.07, 6.45) is 0. The molecule has 4 heteroatoms. The minimum Gasteiger partial charge on any atom is -0.310 e. The number of anilines is 3. The fourth-order valence-electron chi connectivity index (χ4n) is 8.85. The van der Waals surface area contributed by atoms with Gasteiger partial charge in [0.1, 0.15) is 0 Å². The monoisotopic (exact) mass is 700 g/mol. The van der Waals surface area contributed by atoms with E-state index >= 15 is 0 Å². The Morgan fingerprint density at radius 2 is 0.945 bits per heavy atom. The molecule has 8 aromatic carbocycles. The predicted molar refractivity (Wildman–Crippen MR) is 222 cm³/mol. The summed E-state index contributed by atoms with van der Waals surface area (Å²) in [6, 6.07) is 72.7. The van der Waals surface area contributed by atoms with Crippen LogP contribution >= 0.6 is 0 Å². The molecule has 10 rings (SSSR count). The quantitative estimate of drug-likeness (QED) is 0.180. The third kappa shape index (κ3) is 4.83. The Balaban J connectivity index is 1.32. The Labute approximate surface area is 319 Å². The van der Waals surface area contributed by atoms with Crippen molar-refractivity contribution >= 4 is 38.9 Å². The molecule has 0 atom stereocenters. The van der Waals surface area contributed by atoms with Gasteiger partial charge in [0.15, 0.2) is 0 Å². The molecule has 1 aliphatic heterocycles. The molecule has 1 aromatic heterocycles. The van der Waals surface area contributed by atoms with Crippen LogP contribution in [0.1, 0.15) is 33.4 Å². The lowest BCUT2D eigenvalue weighted by atomic mass is 9.62. The highest BCUT2D eigenvalue weighted by atomic mass is 15.2. The van der Waals surface area contributed by atoms with E-state index in [-0.39, 0.29) is 0 Å². The minimum atomic E-state index is -0.603. The smallest absolute Gasteiger partial charge is 0.0998 e. The summed E-state index contributed by atoms with van der Waals surface area (Å²) < 4.78 is 2.32. The first-order chi connectivity index (χ1) is 27.2. The standard InChI is InChI=1S/C51H32N4/c52-33-35-27-28-36(34-53)44(29-35)37-30-40(54-47-23-11-7-19-42(47)43-20-8-12-24-48(43)54)32-41(31-37)55-49-25-13-9-21-45(49)51(38-15-3-1-4-16-38,39-17-5-2-6-18-39)46-22-10-14-26-50(46)55/h1-32H. The van der Waals surface area contributed by atoms with Crippen LogP contribution in [0.2, 0.25) is 0 Å². The number of nitrogens with zero attached hydrogens (tertiary/aromatic N) is 4. The number of hydrogen-bond donors (Lipinski definition) is 0. The van der Waals surface area contributed by atoms with E-state index in [1.54, 1.807) is 12.1 Å². The van der Waals surface area contributed by atoms with Gasteiger partial charge in [0, 0.05) is 27.7 Å². The summed E-state index contributed by atoms with van der Waals surface area (Å²) in [7, 11) is 0. The highest BCUT2D eigenvalue weighted by molar-refractivity contribution is 6.09. The molecular weight excluding hydrogens is 669 g/mol. The van der Waals surface area contributed by atoms with Crippen molar-refractivity contribution < 1.29 is 0 Å². The molecule has 0 bridgehead atoms. The molecule has 2 heterocycles. The van der Waals surface area contributed by atoms with E-state index in [0.717, 1.165) is 39.3 Å². The summed E-state index contributed by atoms with van der Waals surface area (Å²) in [6.45, 7) is 0. The van der Waals surface area contributed by atoms with Crippen LogP contribution in [-0.4, -0.2) is 4.57 Å². The van der Waals surface area contributed by atoms with Gasteiger partial charge in [-0.05, 0) is 88.5 Å². The van der Waals surface area contributed by atoms with Crippen LogP contribution in [0.5, 0.6) is 0 Å². The maximum atomic E-state index is 10.4. The molecular formula is C51H32N4. The number of aromatic nitrogens is 1. The van der Waals surface area contributed by atoms with E-state index in [2.05, 4.69) is 198 Å². The van der Waals surface area contributed by atoms with Crippen LogP contribution in [0.25, 0.3) is 38.6 Å². The van der Waals surface area contributed by atoms with Crippen LogP contribution in [-0.2, 0) is 5.41 Å². The Morgan fingerprint density at radius 1 is 0.436 bits per heavy atom. The average Bonchev–Trinajstić information content (AvgIpc) is 3.60. The molecule has 55 heavy (non-hydrogen) atoms. The van der Waals surface area contributed by atoms with Gasteiger partial charge in [0.05, 0.1) is 51.1 Å². The lowest BCUT2D eigenvalue weighted by molar-refractivity contribution is 0.731. The zero-order valence-corrected chi connectivity index (χ0v) is 29.8. The number of hydrogen-bond acceptors (Lipinski definition) is 3. The second kappa shape index (κ2) is 12.8. The SMILES string of the molecule is N#Cc1ccc(C#N)c(-c2cc(N3c4ccccc4C(c4ccccc4)(c4ccccc4)c4ccccc43)cc(-n3c4ccccc4c4ccccc43)c2)c1. The van der Waals surface area contributed by atoms with Gasteiger partial charge < -0.3 is 9.47 Å². The Hall–Kier alpha value is -7.66. The molecule has 0 saturated carbocycles. The Morgan fingerprint density at radius 3 is 1.51 bits per heavy atom. The fraction of sp³-hybridized carbons (Fsp3) is 0.0196. The summed E-state index contributed by atoms with van der Waals surface area (Å²) in [4.78, 5) is 2.37. The zero-order chi connectivity index (χ0) is 36.9.